The minimum Gasteiger partial charge on any atom is -0.507 e. The van der Waals surface area contributed by atoms with Crippen molar-refractivity contribution in [1.82, 2.24) is 4.98 Å². The first-order valence-corrected chi connectivity index (χ1v) is 24.4. The molecule has 8 fully saturated rings. The zero-order chi connectivity index (χ0) is 43.1. The molecule has 322 valence electrons. The molecule has 8 aliphatic rings. The fourth-order valence-corrected chi connectivity index (χ4v) is 15.2. The Hall–Kier alpha value is -4.37. The van der Waals surface area contributed by atoms with Gasteiger partial charge in [0.05, 0.1) is 11.4 Å². The number of benzene rings is 4. The highest BCUT2D eigenvalue weighted by Crippen LogP contribution is 2.64. The standard InChI is InChI=1S/C59H69NO2/c1-34-12-14-44(48-24-42(56(3,4)5)26-50(54(48)61)58-28-36-18-37(29-58)20-38(19-36)30-58)46(16-34)52-10-9-11-53(60-52)47-17-35(2)13-15-45(47)49-25-43(57(6,7)8)27-51(55(49)62)59-31-39-21-40(32-59)23-41(22-39)33-59/h9-17,24-27,36-41,61-62H,18-23,28-33H2,1-8H3. The lowest BCUT2D eigenvalue weighted by molar-refractivity contribution is -0.00631. The number of aryl methyl sites for hydroxylation is 2. The van der Waals surface area contributed by atoms with E-state index in [2.05, 4.69) is 134 Å². The third-order valence-corrected chi connectivity index (χ3v) is 17.4. The summed E-state index contributed by atoms with van der Waals surface area (Å²) in [4.78, 5) is 5.56. The molecule has 3 nitrogen and oxygen atoms in total. The van der Waals surface area contributed by atoms with Crippen LogP contribution in [0, 0.1) is 49.4 Å². The fourth-order valence-electron chi connectivity index (χ4n) is 15.2. The minimum absolute atomic E-state index is 0.0604. The van der Waals surface area contributed by atoms with Crippen LogP contribution in [0.15, 0.2) is 78.9 Å². The van der Waals surface area contributed by atoms with E-state index < -0.39 is 0 Å². The molecular weight excluding hydrogens is 755 g/mol. The molecule has 1 aromatic heterocycles. The Bertz CT molecular complexity index is 2370. The van der Waals surface area contributed by atoms with Crippen LogP contribution in [0.2, 0.25) is 0 Å². The molecule has 0 amide bonds. The van der Waals surface area contributed by atoms with Gasteiger partial charge in [-0.3, -0.25) is 0 Å². The number of phenols is 2. The van der Waals surface area contributed by atoms with E-state index in [9.17, 15) is 10.2 Å². The number of aromatic nitrogens is 1. The lowest BCUT2D eigenvalue weighted by atomic mass is 9.47. The average molecular weight is 824 g/mol. The molecule has 8 saturated carbocycles. The summed E-state index contributed by atoms with van der Waals surface area (Å²) in [7, 11) is 0. The Morgan fingerprint density at radius 1 is 0.435 bits per heavy atom. The van der Waals surface area contributed by atoms with Crippen molar-refractivity contribution in [1.29, 1.82) is 0 Å². The molecule has 0 spiro atoms. The van der Waals surface area contributed by atoms with E-state index in [0.29, 0.717) is 11.5 Å². The van der Waals surface area contributed by atoms with Crippen molar-refractivity contribution in [2.24, 2.45) is 35.5 Å². The normalized spacial score (nSPS) is 29.7. The van der Waals surface area contributed by atoms with Crippen molar-refractivity contribution >= 4 is 0 Å². The van der Waals surface area contributed by atoms with Gasteiger partial charge in [-0.05, 0) is 207 Å². The van der Waals surface area contributed by atoms with E-state index in [4.69, 9.17) is 4.98 Å². The van der Waals surface area contributed by atoms with Gasteiger partial charge in [-0.25, -0.2) is 4.98 Å². The van der Waals surface area contributed by atoms with E-state index in [-0.39, 0.29) is 21.7 Å². The van der Waals surface area contributed by atoms with E-state index in [1.165, 1.54) is 110 Å². The van der Waals surface area contributed by atoms with Gasteiger partial charge in [0.2, 0.25) is 0 Å². The number of phenolic OH excluding ortho intramolecular Hbond substituents is 2. The first-order valence-electron chi connectivity index (χ1n) is 24.4. The number of nitrogens with zero attached hydrogens (tertiary/aromatic N) is 1. The number of hydrogen-bond donors (Lipinski definition) is 2. The molecule has 5 aromatic rings. The Labute approximate surface area is 371 Å². The number of pyridine rings is 1. The van der Waals surface area contributed by atoms with Gasteiger partial charge in [0, 0.05) is 33.4 Å². The van der Waals surface area contributed by atoms with Crippen LogP contribution in [0.3, 0.4) is 0 Å². The van der Waals surface area contributed by atoms with Gasteiger partial charge in [-0.2, -0.15) is 0 Å². The molecule has 2 N–H and O–H groups in total. The predicted molar refractivity (Wildman–Crippen MR) is 256 cm³/mol. The maximum absolute atomic E-state index is 12.7. The van der Waals surface area contributed by atoms with Crippen molar-refractivity contribution in [2.75, 3.05) is 0 Å². The van der Waals surface area contributed by atoms with Crippen LogP contribution in [0.25, 0.3) is 44.8 Å². The fraction of sp³-hybridized carbons (Fsp3) is 0.508. The monoisotopic (exact) mass is 824 g/mol. The Kier molecular flexibility index (Phi) is 9.17. The Balaban J connectivity index is 1.05. The Morgan fingerprint density at radius 2 is 0.774 bits per heavy atom. The van der Waals surface area contributed by atoms with Crippen LogP contribution >= 0.6 is 0 Å². The molecule has 0 radical (unpaired) electrons. The molecule has 1 heterocycles. The molecule has 8 aliphatic carbocycles. The zero-order valence-corrected chi connectivity index (χ0v) is 38.8. The molecule has 0 saturated heterocycles. The summed E-state index contributed by atoms with van der Waals surface area (Å²) in [6.07, 6.45) is 15.5. The average Bonchev–Trinajstić information content (AvgIpc) is 3.19. The van der Waals surface area contributed by atoms with Crippen molar-refractivity contribution < 1.29 is 10.2 Å². The van der Waals surface area contributed by atoms with Gasteiger partial charge in [-0.15, -0.1) is 0 Å². The lowest BCUT2D eigenvalue weighted by Gasteiger charge is -2.57. The molecular formula is C59H69NO2. The van der Waals surface area contributed by atoms with Crippen LogP contribution in [0.4, 0.5) is 0 Å². The van der Waals surface area contributed by atoms with Crippen molar-refractivity contribution in [2.45, 2.75) is 154 Å². The summed E-state index contributed by atoms with van der Waals surface area (Å²) in [6, 6.07) is 29.2. The van der Waals surface area contributed by atoms with Crippen molar-refractivity contribution in [3.8, 4) is 56.3 Å². The predicted octanol–water partition coefficient (Wildman–Crippen LogP) is 15.3. The summed E-state index contributed by atoms with van der Waals surface area (Å²) in [5, 5.41) is 25.4. The van der Waals surface area contributed by atoms with Crippen LogP contribution in [0.1, 0.15) is 152 Å². The largest absolute Gasteiger partial charge is 0.507 e. The molecule has 4 aromatic carbocycles. The highest BCUT2D eigenvalue weighted by molar-refractivity contribution is 5.90. The van der Waals surface area contributed by atoms with Gasteiger partial charge < -0.3 is 10.2 Å². The van der Waals surface area contributed by atoms with Crippen LogP contribution in [0.5, 0.6) is 11.5 Å². The summed E-state index contributed by atoms with van der Waals surface area (Å²) in [6.45, 7) is 18.2. The highest BCUT2D eigenvalue weighted by atomic mass is 16.3. The second-order valence-electron chi connectivity index (χ2n) is 24.2. The maximum Gasteiger partial charge on any atom is 0.127 e. The first-order chi connectivity index (χ1) is 29.4. The molecule has 0 unspecified atom stereocenters. The smallest absolute Gasteiger partial charge is 0.127 e. The second kappa shape index (κ2) is 14.1. The zero-order valence-electron chi connectivity index (χ0n) is 38.8. The summed E-state index contributed by atoms with van der Waals surface area (Å²) < 4.78 is 0. The van der Waals surface area contributed by atoms with E-state index >= 15 is 0 Å². The molecule has 3 heteroatoms. The van der Waals surface area contributed by atoms with Crippen LogP contribution in [-0.4, -0.2) is 15.2 Å². The third kappa shape index (κ3) is 6.68. The Morgan fingerprint density at radius 3 is 1.10 bits per heavy atom. The van der Waals surface area contributed by atoms with Gasteiger partial charge in [-0.1, -0.05) is 95.1 Å². The molecule has 0 aliphatic heterocycles. The lowest BCUT2D eigenvalue weighted by Crippen LogP contribution is -2.48. The van der Waals surface area contributed by atoms with Crippen molar-refractivity contribution in [3.63, 3.8) is 0 Å². The van der Waals surface area contributed by atoms with E-state index in [0.717, 1.165) is 80.3 Å². The minimum atomic E-state index is -0.0739. The van der Waals surface area contributed by atoms with Crippen LogP contribution in [-0.2, 0) is 21.7 Å². The van der Waals surface area contributed by atoms with Crippen molar-refractivity contribution in [3.05, 3.63) is 112 Å². The SMILES string of the molecule is Cc1ccc(-c2cc(C(C)(C)C)cc(C34CC5CC(CC(C5)C3)C4)c2O)c(-c2cccc(-c3cc(C)ccc3-c3cc(C(C)(C)C)cc(C45CC6CC(CC(C6)C4)C5)c3O)n2)c1. The first kappa shape index (κ1) is 40.4. The second-order valence-corrected chi connectivity index (χ2v) is 24.2. The van der Waals surface area contributed by atoms with Gasteiger partial charge in [0.25, 0.3) is 0 Å². The quantitative estimate of drug-likeness (QED) is 0.179. The highest BCUT2D eigenvalue weighted by Gasteiger charge is 2.54. The van der Waals surface area contributed by atoms with Crippen LogP contribution < -0.4 is 0 Å². The molecule has 8 bridgehead atoms. The summed E-state index contributed by atoms with van der Waals surface area (Å²) >= 11 is 0. The molecule has 62 heavy (non-hydrogen) atoms. The van der Waals surface area contributed by atoms with Gasteiger partial charge >= 0.3 is 0 Å². The number of hydrogen-bond acceptors (Lipinski definition) is 3. The third-order valence-electron chi connectivity index (χ3n) is 17.4. The topological polar surface area (TPSA) is 53.4 Å². The number of rotatable bonds is 6. The summed E-state index contributed by atoms with van der Waals surface area (Å²) in [5.74, 6) is 5.69. The maximum atomic E-state index is 12.7. The summed E-state index contributed by atoms with van der Waals surface area (Å²) in [5.41, 5.74) is 15.1. The van der Waals surface area contributed by atoms with Gasteiger partial charge in [0.1, 0.15) is 11.5 Å². The molecule has 13 rings (SSSR count). The van der Waals surface area contributed by atoms with E-state index in [1.54, 1.807) is 0 Å². The molecule has 0 atom stereocenters. The number of aromatic hydroxyl groups is 2. The van der Waals surface area contributed by atoms with Gasteiger partial charge in [0.15, 0.2) is 0 Å². The van der Waals surface area contributed by atoms with E-state index in [1.807, 2.05) is 0 Å².